The summed E-state index contributed by atoms with van der Waals surface area (Å²) < 4.78 is 48.0. The maximum atomic E-state index is 12.3. The highest BCUT2D eigenvalue weighted by Crippen LogP contribution is 2.33. The molecule has 1 atom stereocenters. The summed E-state index contributed by atoms with van der Waals surface area (Å²) >= 11 is 0.665. The highest BCUT2D eigenvalue weighted by atomic mass is 32.1. The molecule has 0 amide bonds. The third-order valence-electron chi connectivity index (χ3n) is 1.25. The predicted molar refractivity (Wildman–Crippen MR) is 37.3 cm³/mol. The molecule has 0 radical (unpaired) electrons. The second kappa shape index (κ2) is 3.02. The SMILES string of the molecule is NC(c1cc(F)cs1)C(F)(F)F. The summed E-state index contributed by atoms with van der Waals surface area (Å²) in [6.45, 7) is 0. The standard InChI is InChI=1S/C6H5F4NS/c7-3-1-4(12-2-3)5(11)6(8,9)10/h1-2,5H,11H2. The summed E-state index contributed by atoms with van der Waals surface area (Å²) in [5.41, 5.74) is 4.80. The molecule has 12 heavy (non-hydrogen) atoms. The Balaban J connectivity index is 2.85. The van der Waals surface area contributed by atoms with Crippen molar-refractivity contribution in [1.82, 2.24) is 0 Å². The van der Waals surface area contributed by atoms with Gasteiger partial charge in [0.2, 0.25) is 0 Å². The van der Waals surface area contributed by atoms with E-state index >= 15 is 0 Å². The third-order valence-corrected chi connectivity index (χ3v) is 2.23. The first-order valence-corrected chi connectivity index (χ1v) is 3.85. The summed E-state index contributed by atoms with van der Waals surface area (Å²) in [4.78, 5) is -0.208. The van der Waals surface area contributed by atoms with Crippen LogP contribution in [0.3, 0.4) is 0 Å². The van der Waals surface area contributed by atoms with Gasteiger partial charge in [-0.05, 0) is 6.07 Å². The zero-order valence-electron chi connectivity index (χ0n) is 5.73. The van der Waals surface area contributed by atoms with E-state index in [1.807, 2.05) is 0 Å². The molecule has 1 aromatic heterocycles. The molecule has 68 valence electrons. The van der Waals surface area contributed by atoms with Crippen LogP contribution in [0, 0.1) is 5.82 Å². The van der Waals surface area contributed by atoms with Crippen molar-refractivity contribution in [3.05, 3.63) is 22.1 Å². The van der Waals surface area contributed by atoms with Gasteiger partial charge in [-0.2, -0.15) is 13.2 Å². The Morgan fingerprint density at radius 3 is 2.33 bits per heavy atom. The Bertz CT molecular complexity index is 267. The summed E-state index contributed by atoms with van der Waals surface area (Å²) in [5, 5.41) is 0.987. The van der Waals surface area contributed by atoms with E-state index in [1.54, 1.807) is 0 Å². The van der Waals surface area contributed by atoms with Crippen molar-refractivity contribution in [2.75, 3.05) is 0 Å². The van der Waals surface area contributed by atoms with E-state index in [-0.39, 0.29) is 4.88 Å². The van der Waals surface area contributed by atoms with E-state index in [0.29, 0.717) is 11.3 Å². The van der Waals surface area contributed by atoms with E-state index in [1.165, 1.54) is 0 Å². The zero-order chi connectivity index (χ0) is 9.35. The highest BCUT2D eigenvalue weighted by molar-refractivity contribution is 7.10. The quantitative estimate of drug-likeness (QED) is 0.691. The molecular weight excluding hydrogens is 194 g/mol. The van der Waals surface area contributed by atoms with Crippen molar-refractivity contribution in [3.63, 3.8) is 0 Å². The summed E-state index contributed by atoms with van der Waals surface area (Å²) in [5.74, 6) is -0.685. The first-order valence-electron chi connectivity index (χ1n) is 2.97. The number of hydrogen-bond donors (Lipinski definition) is 1. The molecule has 0 aliphatic carbocycles. The Labute approximate surface area is 69.8 Å². The minimum atomic E-state index is -4.50. The molecule has 1 rings (SSSR count). The molecule has 0 bridgehead atoms. The van der Waals surface area contributed by atoms with Crippen LogP contribution in [-0.2, 0) is 0 Å². The van der Waals surface area contributed by atoms with Crippen LogP contribution < -0.4 is 5.73 Å². The minimum absolute atomic E-state index is 0.208. The molecule has 1 nitrogen and oxygen atoms in total. The van der Waals surface area contributed by atoms with Gasteiger partial charge in [-0.25, -0.2) is 4.39 Å². The highest BCUT2D eigenvalue weighted by Gasteiger charge is 2.38. The average molecular weight is 199 g/mol. The van der Waals surface area contributed by atoms with Crippen LogP contribution >= 0.6 is 11.3 Å². The molecule has 1 aromatic rings. The van der Waals surface area contributed by atoms with Gasteiger partial charge in [0.05, 0.1) is 0 Å². The van der Waals surface area contributed by atoms with E-state index in [2.05, 4.69) is 0 Å². The third kappa shape index (κ3) is 1.95. The number of halogens is 4. The van der Waals surface area contributed by atoms with Crippen LogP contribution in [0.2, 0.25) is 0 Å². The maximum absolute atomic E-state index is 12.3. The minimum Gasteiger partial charge on any atom is -0.316 e. The number of alkyl halides is 3. The smallest absolute Gasteiger partial charge is 0.316 e. The largest absolute Gasteiger partial charge is 0.408 e. The van der Waals surface area contributed by atoms with Gasteiger partial charge in [0.25, 0.3) is 0 Å². The molecule has 0 saturated heterocycles. The second-order valence-corrected chi connectivity index (χ2v) is 3.13. The fraction of sp³-hybridized carbons (Fsp3) is 0.333. The molecule has 0 aliphatic heterocycles. The van der Waals surface area contributed by atoms with Crippen LogP contribution in [-0.4, -0.2) is 6.18 Å². The maximum Gasteiger partial charge on any atom is 0.408 e. The predicted octanol–water partition coefficient (Wildman–Crippen LogP) is 2.45. The van der Waals surface area contributed by atoms with Crippen LogP contribution in [0.15, 0.2) is 11.4 Å². The lowest BCUT2D eigenvalue weighted by Gasteiger charge is -2.12. The Morgan fingerprint density at radius 1 is 1.42 bits per heavy atom. The molecule has 1 unspecified atom stereocenters. The van der Waals surface area contributed by atoms with Gasteiger partial charge in [0.15, 0.2) is 0 Å². The fourth-order valence-corrected chi connectivity index (χ4v) is 1.43. The Kier molecular flexibility index (Phi) is 2.39. The monoisotopic (exact) mass is 199 g/mol. The van der Waals surface area contributed by atoms with Crippen LogP contribution in [0.4, 0.5) is 17.6 Å². The van der Waals surface area contributed by atoms with Gasteiger partial charge in [0, 0.05) is 10.3 Å². The average Bonchev–Trinajstić information content (AvgIpc) is 2.32. The van der Waals surface area contributed by atoms with E-state index in [9.17, 15) is 17.6 Å². The first kappa shape index (κ1) is 9.47. The van der Waals surface area contributed by atoms with Crippen LogP contribution in [0.1, 0.15) is 10.9 Å². The van der Waals surface area contributed by atoms with E-state index in [0.717, 1.165) is 11.4 Å². The zero-order valence-corrected chi connectivity index (χ0v) is 6.55. The molecule has 0 aliphatic rings. The summed E-state index contributed by atoms with van der Waals surface area (Å²) in [6, 6.07) is -1.28. The van der Waals surface area contributed by atoms with Gasteiger partial charge in [-0.3, -0.25) is 0 Å². The molecule has 0 spiro atoms. The molecule has 0 aromatic carbocycles. The van der Waals surface area contributed by atoms with Crippen molar-refractivity contribution in [1.29, 1.82) is 0 Å². The number of hydrogen-bond acceptors (Lipinski definition) is 2. The van der Waals surface area contributed by atoms with Gasteiger partial charge >= 0.3 is 6.18 Å². The topological polar surface area (TPSA) is 26.0 Å². The molecule has 6 heteroatoms. The van der Waals surface area contributed by atoms with Crippen molar-refractivity contribution in [2.24, 2.45) is 5.73 Å². The Hall–Kier alpha value is -0.620. The van der Waals surface area contributed by atoms with Gasteiger partial charge in [0.1, 0.15) is 11.9 Å². The van der Waals surface area contributed by atoms with Gasteiger partial charge in [-0.1, -0.05) is 0 Å². The lowest BCUT2D eigenvalue weighted by Crippen LogP contribution is -2.27. The molecule has 2 N–H and O–H groups in total. The summed E-state index contributed by atoms with van der Waals surface area (Å²) in [7, 11) is 0. The fourth-order valence-electron chi connectivity index (χ4n) is 0.653. The molecule has 0 saturated carbocycles. The van der Waals surface area contributed by atoms with E-state index < -0.39 is 18.0 Å². The number of nitrogens with two attached hydrogens (primary N) is 1. The van der Waals surface area contributed by atoms with Crippen LogP contribution in [0.25, 0.3) is 0 Å². The molecule has 1 heterocycles. The van der Waals surface area contributed by atoms with Crippen molar-refractivity contribution in [3.8, 4) is 0 Å². The number of rotatable bonds is 1. The van der Waals surface area contributed by atoms with Gasteiger partial charge in [-0.15, -0.1) is 11.3 Å². The van der Waals surface area contributed by atoms with Crippen molar-refractivity contribution >= 4 is 11.3 Å². The van der Waals surface area contributed by atoms with Crippen molar-refractivity contribution < 1.29 is 17.6 Å². The molecule has 0 fully saturated rings. The lowest BCUT2D eigenvalue weighted by atomic mass is 10.2. The van der Waals surface area contributed by atoms with Crippen molar-refractivity contribution in [2.45, 2.75) is 12.2 Å². The van der Waals surface area contributed by atoms with Gasteiger partial charge < -0.3 is 5.73 Å². The Morgan fingerprint density at radius 2 is 2.00 bits per heavy atom. The summed E-state index contributed by atoms with van der Waals surface area (Å²) in [6.07, 6.45) is -4.50. The number of thiophene rings is 1. The van der Waals surface area contributed by atoms with E-state index in [4.69, 9.17) is 5.73 Å². The molecular formula is C6H5F4NS. The second-order valence-electron chi connectivity index (χ2n) is 2.19. The normalized spacial score (nSPS) is 14.8. The first-order chi connectivity index (χ1) is 5.41. The lowest BCUT2D eigenvalue weighted by molar-refractivity contribution is -0.148. The van der Waals surface area contributed by atoms with Crippen LogP contribution in [0.5, 0.6) is 0 Å².